The van der Waals surface area contributed by atoms with Crippen LogP contribution in [0.1, 0.15) is 70.3 Å². The molecule has 152 valence electrons. The fourth-order valence-corrected chi connectivity index (χ4v) is 6.83. The molecule has 0 spiro atoms. The quantitative estimate of drug-likeness (QED) is 0.526. The minimum Gasteiger partial charge on any atom is -0.385 e. The van der Waals surface area contributed by atoms with Crippen molar-refractivity contribution in [3.05, 3.63) is 66.2 Å². The van der Waals surface area contributed by atoms with Crippen molar-refractivity contribution in [2.24, 2.45) is 0 Å². The van der Waals surface area contributed by atoms with Gasteiger partial charge in [0.1, 0.15) is 0 Å². The highest BCUT2D eigenvalue weighted by Gasteiger charge is 2.61. The number of aliphatic hydroxyl groups is 1. The zero-order valence-corrected chi connectivity index (χ0v) is 17.6. The highest BCUT2D eigenvalue weighted by atomic mass is 32.2. The van der Waals surface area contributed by atoms with E-state index in [-0.39, 0.29) is 12.8 Å². The Morgan fingerprint density at radius 3 is 1.96 bits per heavy atom. The maximum atomic E-state index is 13.5. The van der Waals surface area contributed by atoms with Gasteiger partial charge in [0.05, 0.1) is 15.2 Å². The first kappa shape index (κ1) is 21.1. The van der Waals surface area contributed by atoms with Gasteiger partial charge in [-0.25, -0.2) is 8.42 Å². The Morgan fingerprint density at radius 1 is 0.821 bits per heavy atom. The molecule has 2 aromatic carbocycles. The zero-order valence-electron chi connectivity index (χ0n) is 16.8. The van der Waals surface area contributed by atoms with Gasteiger partial charge in [-0.2, -0.15) is 0 Å². The molecule has 0 atom stereocenters. The van der Waals surface area contributed by atoms with Gasteiger partial charge < -0.3 is 5.11 Å². The fourth-order valence-electron chi connectivity index (χ4n) is 4.54. The van der Waals surface area contributed by atoms with Crippen LogP contribution in [-0.2, 0) is 15.4 Å². The first-order valence-corrected chi connectivity index (χ1v) is 12.0. The maximum absolute atomic E-state index is 13.5. The summed E-state index contributed by atoms with van der Waals surface area (Å²) >= 11 is 0. The van der Waals surface area contributed by atoms with Gasteiger partial charge in [-0.3, -0.25) is 0 Å². The summed E-state index contributed by atoms with van der Waals surface area (Å²) in [5.74, 6) is 0. The van der Waals surface area contributed by atoms with E-state index in [4.69, 9.17) is 0 Å². The van der Waals surface area contributed by atoms with Crippen molar-refractivity contribution in [2.45, 2.75) is 80.0 Å². The average molecular weight is 401 g/mol. The second kappa shape index (κ2) is 8.79. The van der Waals surface area contributed by atoms with Crippen LogP contribution in [0.5, 0.6) is 0 Å². The van der Waals surface area contributed by atoms with Crippen LogP contribution in [0, 0.1) is 0 Å². The number of sulfone groups is 1. The molecule has 28 heavy (non-hydrogen) atoms. The second-order valence-electron chi connectivity index (χ2n) is 8.27. The number of unbranched alkanes of at least 4 members (excludes halogenated alkanes) is 5. The maximum Gasteiger partial charge on any atom is 0.184 e. The summed E-state index contributed by atoms with van der Waals surface area (Å²) in [5, 5.41) is 11.1. The summed E-state index contributed by atoms with van der Waals surface area (Å²) in [6, 6.07) is 18.2. The molecule has 1 N–H and O–H groups in total. The van der Waals surface area contributed by atoms with Crippen LogP contribution in [0.25, 0.3) is 0 Å². The highest BCUT2D eigenvalue weighted by Crippen LogP contribution is 2.56. The molecule has 0 aliphatic heterocycles. The van der Waals surface area contributed by atoms with Crippen molar-refractivity contribution in [3.8, 4) is 0 Å². The van der Waals surface area contributed by atoms with E-state index in [2.05, 4.69) is 6.92 Å². The van der Waals surface area contributed by atoms with Gasteiger partial charge in [0.2, 0.25) is 0 Å². The molecular weight excluding hydrogens is 368 g/mol. The Balaban J connectivity index is 1.79. The molecule has 1 saturated carbocycles. The number of hydrogen-bond acceptors (Lipinski definition) is 3. The number of benzene rings is 2. The van der Waals surface area contributed by atoms with E-state index in [9.17, 15) is 13.5 Å². The fraction of sp³-hybridized carbons (Fsp3) is 0.500. The monoisotopic (exact) mass is 400 g/mol. The number of hydrogen-bond donors (Lipinski definition) is 1. The van der Waals surface area contributed by atoms with E-state index >= 15 is 0 Å². The molecule has 0 radical (unpaired) electrons. The largest absolute Gasteiger partial charge is 0.385 e. The van der Waals surface area contributed by atoms with Crippen molar-refractivity contribution < 1.29 is 13.5 Å². The van der Waals surface area contributed by atoms with Gasteiger partial charge in [0.25, 0.3) is 0 Å². The Kier molecular flexibility index (Phi) is 6.61. The second-order valence-corrected chi connectivity index (χ2v) is 10.6. The minimum atomic E-state index is -3.50. The van der Waals surface area contributed by atoms with Gasteiger partial charge in [0.15, 0.2) is 9.84 Å². The summed E-state index contributed by atoms with van der Waals surface area (Å²) < 4.78 is 26.1. The molecule has 2 aromatic rings. The van der Waals surface area contributed by atoms with Crippen LogP contribution < -0.4 is 0 Å². The standard InChI is InChI=1S/C24H32O3S/c1-2-3-4-5-6-13-18-23(28(26,27)22-16-11-8-12-17-22)19-24(25,20-23)21-14-9-7-10-15-21/h7-12,14-17,25H,2-6,13,18-20H2,1H3. The topological polar surface area (TPSA) is 54.4 Å². The molecule has 1 aliphatic rings. The average Bonchev–Trinajstić information content (AvgIpc) is 2.70. The van der Waals surface area contributed by atoms with Gasteiger partial charge in [-0.05, 0) is 24.1 Å². The molecule has 0 aromatic heterocycles. The van der Waals surface area contributed by atoms with Crippen LogP contribution in [0.3, 0.4) is 0 Å². The Bertz CT molecular complexity index is 838. The van der Waals surface area contributed by atoms with E-state index < -0.39 is 20.2 Å². The van der Waals surface area contributed by atoms with Crippen LogP contribution in [-0.4, -0.2) is 18.3 Å². The van der Waals surface area contributed by atoms with Crippen molar-refractivity contribution in [1.82, 2.24) is 0 Å². The van der Waals surface area contributed by atoms with Crippen molar-refractivity contribution in [3.63, 3.8) is 0 Å². The Hall–Kier alpha value is -1.65. The predicted octanol–water partition coefficient (Wildman–Crippen LogP) is 5.63. The molecule has 0 heterocycles. The molecular formula is C24H32O3S. The molecule has 3 nitrogen and oxygen atoms in total. The van der Waals surface area contributed by atoms with Crippen molar-refractivity contribution in [2.75, 3.05) is 0 Å². The van der Waals surface area contributed by atoms with E-state index in [1.54, 1.807) is 24.3 Å². The van der Waals surface area contributed by atoms with Gasteiger partial charge in [-0.1, -0.05) is 94.0 Å². The third-order valence-corrected chi connectivity index (χ3v) is 8.68. The lowest BCUT2D eigenvalue weighted by Gasteiger charge is -2.53. The first-order chi connectivity index (χ1) is 13.4. The minimum absolute atomic E-state index is 0.274. The van der Waals surface area contributed by atoms with Crippen LogP contribution >= 0.6 is 0 Å². The lowest BCUT2D eigenvalue weighted by molar-refractivity contribution is -0.0703. The molecule has 1 aliphatic carbocycles. The summed E-state index contributed by atoms with van der Waals surface area (Å²) in [6.45, 7) is 2.19. The first-order valence-electron chi connectivity index (χ1n) is 10.5. The SMILES string of the molecule is CCCCCCCCC1(S(=O)(=O)c2ccccc2)CC(O)(c2ccccc2)C1. The normalized spacial score (nSPS) is 24.6. The molecule has 4 heteroatoms. The Morgan fingerprint density at radius 2 is 1.36 bits per heavy atom. The van der Waals surface area contributed by atoms with Crippen LogP contribution in [0.2, 0.25) is 0 Å². The molecule has 0 unspecified atom stereocenters. The molecule has 0 bridgehead atoms. The van der Waals surface area contributed by atoms with Crippen LogP contribution in [0.15, 0.2) is 65.6 Å². The van der Waals surface area contributed by atoms with E-state index in [1.807, 2.05) is 36.4 Å². The van der Waals surface area contributed by atoms with E-state index in [1.165, 1.54) is 19.3 Å². The molecule has 0 amide bonds. The van der Waals surface area contributed by atoms with Crippen molar-refractivity contribution in [1.29, 1.82) is 0 Å². The van der Waals surface area contributed by atoms with Gasteiger partial charge >= 0.3 is 0 Å². The molecule has 3 rings (SSSR count). The third-order valence-electron chi connectivity index (χ3n) is 6.15. The third kappa shape index (κ3) is 4.18. The zero-order chi connectivity index (χ0) is 20.1. The van der Waals surface area contributed by atoms with Crippen molar-refractivity contribution >= 4 is 9.84 Å². The summed E-state index contributed by atoms with van der Waals surface area (Å²) in [4.78, 5) is 0.371. The van der Waals surface area contributed by atoms with Gasteiger partial charge in [-0.15, -0.1) is 0 Å². The van der Waals surface area contributed by atoms with E-state index in [0.29, 0.717) is 11.3 Å². The van der Waals surface area contributed by atoms with E-state index in [0.717, 1.165) is 24.8 Å². The Labute approximate surface area is 169 Å². The van der Waals surface area contributed by atoms with Crippen LogP contribution in [0.4, 0.5) is 0 Å². The summed E-state index contributed by atoms with van der Waals surface area (Å²) in [7, 11) is -3.50. The van der Waals surface area contributed by atoms with Gasteiger partial charge in [0, 0.05) is 12.8 Å². The summed E-state index contributed by atoms with van der Waals surface area (Å²) in [6.07, 6.45) is 7.91. The predicted molar refractivity (Wildman–Crippen MR) is 114 cm³/mol. The number of rotatable bonds is 10. The lowest BCUT2D eigenvalue weighted by Crippen LogP contribution is -2.58. The smallest absolute Gasteiger partial charge is 0.184 e. The lowest BCUT2D eigenvalue weighted by atomic mass is 9.65. The molecule has 0 saturated heterocycles. The molecule has 1 fully saturated rings. The highest BCUT2D eigenvalue weighted by molar-refractivity contribution is 7.93. The summed E-state index contributed by atoms with van der Waals surface area (Å²) in [5.41, 5.74) is -0.234.